The molecule has 5 heteroatoms. The Kier molecular flexibility index (Phi) is 3.88. The lowest BCUT2D eigenvalue weighted by molar-refractivity contribution is 0.0741. The van der Waals surface area contributed by atoms with E-state index in [0.29, 0.717) is 5.56 Å². The van der Waals surface area contributed by atoms with Gasteiger partial charge in [-0.1, -0.05) is 0 Å². The highest BCUT2D eigenvalue weighted by Crippen LogP contribution is 2.22. The minimum Gasteiger partial charge on any atom is -0.335 e. The Labute approximate surface area is 119 Å². The van der Waals surface area contributed by atoms with Crippen LogP contribution in [0.25, 0.3) is 0 Å². The smallest absolute Gasteiger partial charge is 0.257 e. The lowest BCUT2D eigenvalue weighted by Gasteiger charge is -2.25. The van der Waals surface area contributed by atoms with Crippen molar-refractivity contribution in [2.24, 2.45) is 7.05 Å². The second kappa shape index (κ2) is 5.45. The zero-order chi connectivity index (χ0) is 14.9. The van der Waals surface area contributed by atoms with Crippen LogP contribution in [0.15, 0.2) is 24.5 Å². The quantitative estimate of drug-likeness (QED) is 0.861. The van der Waals surface area contributed by atoms with Crippen molar-refractivity contribution in [3.63, 3.8) is 0 Å². The SMILES string of the molecule is Cc1nn(C)c(C)c1C(=O)N(C)[C@H](C)c1ccncc1. The summed E-state index contributed by atoms with van der Waals surface area (Å²) in [7, 11) is 3.67. The summed E-state index contributed by atoms with van der Waals surface area (Å²) >= 11 is 0. The molecule has 0 bridgehead atoms. The number of amides is 1. The minimum absolute atomic E-state index is 0.00240. The van der Waals surface area contributed by atoms with Gasteiger partial charge in [-0.15, -0.1) is 0 Å². The molecule has 106 valence electrons. The molecular weight excluding hydrogens is 252 g/mol. The van der Waals surface area contributed by atoms with Gasteiger partial charge < -0.3 is 4.90 Å². The maximum atomic E-state index is 12.7. The Morgan fingerprint density at radius 2 is 1.90 bits per heavy atom. The molecule has 1 amide bonds. The van der Waals surface area contributed by atoms with Gasteiger partial charge in [-0.3, -0.25) is 14.5 Å². The average Bonchev–Trinajstić information content (AvgIpc) is 2.71. The van der Waals surface area contributed by atoms with Crippen molar-refractivity contribution in [3.05, 3.63) is 47.0 Å². The molecule has 1 atom stereocenters. The minimum atomic E-state index is -0.00972. The molecule has 0 aromatic carbocycles. The van der Waals surface area contributed by atoms with E-state index in [-0.39, 0.29) is 11.9 Å². The molecule has 0 aliphatic carbocycles. The van der Waals surface area contributed by atoms with Gasteiger partial charge in [0.15, 0.2) is 0 Å². The van der Waals surface area contributed by atoms with E-state index >= 15 is 0 Å². The summed E-state index contributed by atoms with van der Waals surface area (Å²) < 4.78 is 1.74. The lowest BCUT2D eigenvalue weighted by Crippen LogP contribution is -2.30. The highest BCUT2D eigenvalue weighted by molar-refractivity contribution is 5.96. The summed E-state index contributed by atoms with van der Waals surface area (Å²) in [6, 6.07) is 3.85. The number of aryl methyl sites for hydroxylation is 2. The van der Waals surface area contributed by atoms with Crippen LogP contribution in [-0.4, -0.2) is 32.6 Å². The molecule has 0 radical (unpaired) electrons. The first-order valence-electron chi connectivity index (χ1n) is 6.60. The Balaban J connectivity index is 2.29. The highest BCUT2D eigenvalue weighted by atomic mass is 16.2. The predicted molar refractivity (Wildman–Crippen MR) is 77.4 cm³/mol. The zero-order valence-corrected chi connectivity index (χ0v) is 12.6. The van der Waals surface area contributed by atoms with Crippen LogP contribution in [0.3, 0.4) is 0 Å². The Morgan fingerprint density at radius 3 is 2.40 bits per heavy atom. The molecule has 2 aromatic rings. The van der Waals surface area contributed by atoms with Gasteiger partial charge in [0.2, 0.25) is 0 Å². The number of carbonyl (C=O) groups excluding carboxylic acids is 1. The topological polar surface area (TPSA) is 51.0 Å². The first-order chi connectivity index (χ1) is 9.43. The van der Waals surface area contributed by atoms with E-state index < -0.39 is 0 Å². The van der Waals surface area contributed by atoms with E-state index in [0.717, 1.165) is 17.0 Å². The van der Waals surface area contributed by atoms with Gasteiger partial charge >= 0.3 is 0 Å². The number of carbonyl (C=O) groups is 1. The monoisotopic (exact) mass is 272 g/mol. The van der Waals surface area contributed by atoms with E-state index in [4.69, 9.17) is 0 Å². The molecule has 0 aliphatic heterocycles. The van der Waals surface area contributed by atoms with Gasteiger partial charge in [0, 0.05) is 32.2 Å². The average molecular weight is 272 g/mol. The Morgan fingerprint density at radius 1 is 1.30 bits per heavy atom. The third kappa shape index (κ3) is 2.43. The number of rotatable bonds is 3. The summed E-state index contributed by atoms with van der Waals surface area (Å²) in [5.74, 6) is -0.00240. The molecule has 0 fully saturated rings. The van der Waals surface area contributed by atoms with Crippen molar-refractivity contribution >= 4 is 5.91 Å². The molecule has 0 unspecified atom stereocenters. The maximum Gasteiger partial charge on any atom is 0.257 e. The first-order valence-corrected chi connectivity index (χ1v) is 6.60. The van der Waals surface area contributed by atoms with Crippen LogP contribution >= 0.6 is 0 Å². The number of nitrogens with zero attached hydrogens (tertiary/aromatic N) is 4. The van der Waals surface area contributed by atoms with Crippen LogP contribution in [0.1, 0.15) is 40.3 Å². The van der Waals surface area contributed by atoms with Gasteiger partial charge in [0.1, 0.15) is 0 Å². The first kappa shape index (κ1) is 14.2. The molecule has 0 saturated carbocycles. The molecule has 0 saturated heterocycles. The molecule has 0 aliphatic rings. The van der Waals surface area contributed by atoms with E-state index in [1.165, 1.54) is 0 Å². The molecule has 2 heterocycles. The highest BCUT2D eigenvalue weighted by Gasteiger charge is 2.24. The van der Waals surface area contributed by atoms with Crippen LogP contribution in [0.4, 0.5) is 0 Å². The van der Waals surface area contributed by atoms with Crippen molar-refractivity contribution in [2.75, 3.05) is 7.05 Å². The molecule has 2 rings (SSSR count). The maximum absolute atomic E-state index is 12.7. The largest absolute Gasteiger partial charge is 0.335 e. The van der Waals surface area contributed by atoms with Gasteiger partial charge in [0.05, 0.1) is 17.3 Å². The summed E-state index contributed by atoms with van der Waals surface area (Å²) in [6.07, 6.45) is 3.48. The molecule has 0 spiro atoms. The fourth-order valence-electron chi connectivity index (χ4n) is 2.30. The van der Waals surface area contributed by atoms with E-state index in [1.807, 2.05) is 47.0 Å². The number of hydrogen-bond donors (Lipinski definition) is 0. The second-order valence-corrected chi connectivity index (χ2v) is 5.04. The molecule has 2 aromatic heterocycles. The third-order valence-corrected chi connectivity index (χ3v) is 3.81. The van der Waals surface area contributed by atoms with Gasteiger partial charge in [-0.05, 0) is 38.5 Å². The van der Waals surface area contributed by atoms with E-state index in [1.54, 1.807) is 22.0 Å². The molecule has 20 heavy (non-hydrogen) atoms. The van der Waals surface area contributed by atoms with Crippen molar-refractivity contribution in [3.8, 4) is 0 Å². The van der Waals surface area contributed by atoms with Crippen LogP contribution in [0.5, 0.6) is 0 Å². The third-order valence-electron chi connectivity index (χ3n) is 3.81. The van der Waals surface area contributed by atoms with Crippen molar-refractivity contribution < 1.29 is 4.79 Å². The molecular formula is C15H20N4O. The normalized spacial score (nSPS) is 12.2. The summed E-state index contributed by atoms with van der Waals surface area (Å²) in [5.41, 5.74) is 3.41. The van der Waals surface area contributed by atoms with E-state index in [2.05, 4.69) is 10.1 Å². The summed E-state index contributed by atoms with van der Waals surface area (Å²) in [6.45, 7) is 5.79. The van der Waals surface area contributed by atoms with E-state index in [9.17, 15) is 4.79 Å². The van der Waals surface area contributed by atoms with Crippen LogP contribution in [-0.2, 0) is 7.05 Å². The molecule has 0 N–H and O–H groups in total. The summed E-state index contributed by atoms with van der Waals surface area (Å²) in [4.78, 5) is 18.4. The van der Waals surface area contributed by atoms with Crippen LogP contribution < -0.4 is 0 Å². The zero-order valence-electron chi connectivity index (χ0n) is 12.6. The van der Waals surface area contributed by atoms with Crippen LogP contribution in [0.2, 0.25) is 0 Å². The second-order valence-electron chi connectivity index (χ2n) is 5.04. The number of aromatic nitrogens is 3. The van der Waals surface area contributed by atoms with Crippen molar-refractivity contribution in [1.82, 2.24) is 19.7 Å². The number of hydrogen-bond acceptors (Lipinski definition) is 3. The van der Waals surface area contributed by atoms with Crippen molar-refractivity contribution in [2.45, 2.75) is 26.8 Å². The Hall–Kier alpha value is -2.17. The fraction of sp³-hybridized carbons (Fsp3) is 0.400. The Bertz CT molecular complexity index is 618. The van der Waals surface area contributed by atoms with Crippen LogP contribution in [0, 0.1) is 13.8 Å². The standard InChI is InChI=1S/C15H20N4O/c1-10-14(12(3)19(5)17-10)15(20)18(4)11(2)13-6-8-16-9-7-13/h6-9,11H,1-5H3/t11-/m1/s1. The fourth-order valence-corrected chi connectivity index (χ4v) is 2.30. The van der Waals surface area contributed by atoms with Gasteiger partial charge in [0.25, 0.3) is 5.91 Å². The van der Waals surface area contributed by atoms with Gasteiger partial charge in [-0.25, -0.2) is 0 Å². The summed E-state index contributed by atoms with van der Waals surface area (Å²) in [5, 5.41) is 4.31. The molecule has 5 nitrogen and oxygen atoms in total. The van der Waals surface area contributed by atoms with Gasteiger partial charge in [-0.2, -0.15) is 5.10 Å². The lowest BCUT2D eigenvalue weighted by atomic mass is 10.1. The predicted octanol–water partition coefficient (Wildman–Crippen LogP) is 2.27. The van der Waals surface area contributed by atoms with Crippen molar-refractivity contribution in [1.29, 1.82) is 0 Å². The number of pyridine rings is 1.